The Labute approximate surface area is 125 Å². The van der Waals surface area contributed by atoms with E-state index in [1.54, 1.807) is 11.8 Å². The summed E-state index contributed by atoms with van der Waals surface area (Å²) in [5, 5.41) is 4.72. The highest BCUT2D eigenvalue weighted by atomic mass is 32.2. The smallest absolute Gasteiger partial charge is 0.167 e. The number of benzene rings is 1. The number of nitrogens with one attached hydrogen (secondary N) is 1. The van der Waals surface area contributed by atoms with Crippen LogP contribution in [0, 0.1) is 6.92 Å². The van der Waals surface area contributed by atoms with Crippen LogP contribution in [0.3, 0.4) is 0 Å². The van der Waals surface area contributed by atoms with E-state index in [1.165, 1.54) is 11.1 Å². The fourth-order valence-electron chi connectivity index (χ4n) is 2.20. The molecule has 0 bridgehead atoms. The van der Waals surface area contributed by atoms with E-state index in [2.05, 4.69) is 53.0 Å². The number of hydrogen-bond donors (Lipinski definition) is 1. The lowest BCUT2D eigenvalue weighted by molar-refractivity contribution is 0.574. The third kappa shape index (κ3) is 3.87. The lowest BCUT2D eigenvalue weighted by atomic mass is 10.0. The van der Waals surface area contributed by atoms with Crippen molar-refractivity contribution in [2.45, 2.75) is 31.5 Å². The second-order valence-corrected chi connectivity index (χ2v) is 5.98. The van der Waals surface area contributed by atoms with Crippen molar-refractivity contribution in [2.24, 2.45) is 7.05 Å². The third-order valence-electron chi connectivity index (χ3n) is 3.36. The van der Waals surface area contributed by atoms with Gasteiger partial charge in [0.05, 0.1) is 0 Å². The highest BCUT2D eigenvalue weighted by molar-refractivity contribution is 7.99. The standard InChI is InChI=1S/C16H23N3S/c1-4-9-17-15(14-8-6-5-7-13(14)2)12-20-16-18-10-11-19(16)3/h5-8,10-11,15,17H,4,9,12H2,1-3H3. The Bertz CT molecular complexity index is 536. The Morgan fingerprint density at radius 1 is 1.35 bits per heavy atom. The number of rotatable bonds is 7. The predicted molar refractivity (Wildman–Crippen MR) is 86.1 cm³/mol. The van der Waals surface area contributed by atoms with E-state index in [0.29, 0.717) is 6.04 Å². The summed E-state index contributed by atoms with van der Waals surface area (Å²) >= 11 is 1.81. The van der Waals surface area contributed by atoms with Crippen LogP contribution < -0.4 is 5.32 Å². The molecule has 20 heavy (non-hydrogen) atoms. The summed E-state index contributed by atoms with van der Waals surface area (Å²) in [5.41, 5.74) is 2.74. The summed E-state index contributed by atoms with van der Waals surface area (Å²) in [4.78, 5) is 4.38. The van der Waals surface area contributed by atoms with Crippen LogP contribution in [0.25, 0.3) is 0 Å². The largest absolute Gasteiger partial charge is 0.329 e. The highest BCUT2D eigenvalue weighted by Gasteiger charge is 2.14. The molecule has 0 saturated carbocycles. The molecule has 1 heterocycles. The van der Waals surface area contributed by atoms with Crippen LogP contribution in [-0.2, 0) is 7.05 Å². The first kappa shape index (κ1) is 15.1. The van der Waals surface area contributed by atoms with E-state index in [1.807, 2.05) is 19.4 Å². The minimum atomic E-state index is 0.373. The van der Waals surface area contributed by atoms with Crippen LogP contribution in [0.15, 0.2) is 41.8 Å². The van der Waals surface area contributed by atoms with Crippen LogP contribution >= 0.6 is 11.8 Å². The number of aryl methyl sites for hydroxylation is 2. The van der Waals surface area contributed by atoms with Gasteiger partial charge < -0.3 is 9.88 Å². The van der Waals surface area contributed by atoms with E-state index in [9.17, 15) is 0 Å². The Balaban J connectivity index is 2.08. The van der Waals surface area contributed by atoms with Crippen molar-refractivity contribution in [3.63, 3.8) is 0 Å². The summed E-state index contributed by atoms with van der Waals surface area (Å²) in [6.45, 7) is 5.43. The lowest BCUT2D eigenvalue weighted by Gasteiger charge is -2.20. The first-order valence-corrected chi connectivity index (χ1v) is 8.10. The SMILES string of the molecule is CCCNC(CSc1nccn1C)c1ccccc1C. The van der Waals surface area contributed by atoms with Crippen molar-refractivity contribution in [1.82, 2.24) is 14.9 Å². The van der Waals surface area contributed by atoms with Gasteiger partial charge in [-0.2, -0.15) is 0 Å². The number of thioether (sulfide) groups is 1. The highest BCUT2D eigenvalue weighted by Crippen LogP contribution is 2.25. The average Bonchev–Trinajstić information content (AvgIpc) is 2.86. The molecule has 0 spiro atoms. The Morgan fingerprint density at radius 3 is 2.80 bits per heavy atom. The van der Waals surface area contributed by atoms with Crippen molar-refractivity contribution >= 4 is 11.8 Å². The lowest BCUT2D eigenvalue weighted by Crippen LogP contribution is -2.25. The van der Waals surface area contributed by atoms with Gasteiger partial charge in [0.15, 0.2) is 5.16 Å². The van der Waals surface area contributed by atoms with Gasteiger partial charge in [-0.1, -0.05) is 43.0 Å². The molecule has 1 unspecified atom stereocenters. The molecule has 4 heteroatoms. The number of nitrogens with zero attached hydrogens (tertiary/aromatic N) is 2. The average molecular weight is 289 g/mol. The predicted octanol–water partition coefficient (Wildman–Crippen LogP) is 3.56. The second kappa shape index (κ2) is 7.50. The summed E-state index contributed by atoms with van der Waals surface area (Å²) in [6.07, 6.45) is 4.99. The Hall–Kier alpha value is -1.26. The first-order valence-electron chi connectivity index (χ1n) is 7.11. The zero-order chi connectivity index (χ0) is 14.4. The van der Waals surface area contributed by atoms with Crippen LogP contribution in [0.1, 0.15) is 30.5 Å². The fourth-order valence-corrected chi connectivity index (χ4v) is 3.22. The van der Waals surface area contributed by atoms with Gasteiger partial charge in [0.1, 0.15) is 0 Å². The second-order valence-electron chi connectivity index (χ2n) is 5.00. The van der Waals surface area contributed by atoms with Gasteiger partial charge in [-0.25, -0.2) is 4.98 Å². The van der Waals surface area contributed by atoms with Gasteiger partial charge in [-0.15, -0.1) is 0 Å². The molecule has 3 nitrogen and oxygen atoms in total. The molecule has 0 saturated heterocycles. The number of imidazole rings is 1. The van der Waals surface area contributed by atoms with Crippen molar-refractivity contribution in [3.05, 3.63) is 47.8 Å². The fraction of sp³-hybridized carbons (Fsp3) is 0.438. The van der Waals surface area contributed by atoms with E-state index < -0.39 is 0 Å². The Kier molecular flexibility index (Phi) is 5.68. The maximum Gasteiger partial charge on any atom is 0.167 e. The molecule has 108 valence electrons. The zero-order valence-electron chi connectivity index (χ0n) is 12.5. The van der Waals surface area contributed by atoms with Gasteiger partial charge >= 0.3 is 0 Å². The third-order valence-corrected chi connectivity index (χ3v) is 4.51. The van der Waals surface area contributed by atoms with Crippen molar-refractivity contribution in [1.29, 1.82) is 0 Å². The summed E-state index contributed by atoms with van der Waals surface area (Å²) in [6, 6.07) is 9.00. The molecule has 0 aliphatic heterocycles. The van der Waals surface area contributed by atoms with E-state index in [0.717, 1.165) is 23.9 Å². The van der Waals surface area contributed by atoms with Crippen LogP contribution in [0.4, 0.5) is 0 Å². The van der Waals surface area contributed by atoms with E-state index in [-0.39, 0.29) is 0 Å². The quantitative estimate of drug-likeness (QED) is 0.790. The zero-order valence-corrected chi connectivity index (χ0v) is 13.3. The molecular formula is C16H23N3S. The maximum absolute atomic E-state index is 4.38. The van der Waals surface area contributed by atoms with Crippen LogP contribution in [0.5, 0.6) is 0 Å². The molecule has 1 aromatic carbocycles. The molecule has 0 fully saturated rings. The van der Waals surface area contributed by atoms with Gasteiger partial charge in [0.2, 0.25) is 0 Å². The molecule has 0 aliphatic carbocycles. The molecule has 0 amide bonds. The maximum atomic E-state index is 4.38. The van der Waals surface area contributed by atoms with Gasteiger partial charge in [-0.3, -0.25) is 0 Å². The molecule has 2 aromatic rings. The Morgan fingerprint density at radius 2 is 2.15 bits per heavy atom. The number of aromatic nitrogens is 2. The number of hydrogen-bond acceptors (Lipinski definition) is 3. The molecule has 2 rings (SSSR count). The van der Waals surface area contributed by atoms with Crippen molar-refractivity contribution in [3.8, 4) is 0 Å². The molecule has 1 atom stereocenters. The molecule has 1 N–H and O–H groups in total. The molecule has 1 aromatic heterocycles. The van der Waals surface area contributed by atoms with Crippen molar-refractivity contribution < 1.29 is 0 Å². The van der Waals surface area contributed by atoms with Gasteiger partial charge in [0.25, 0.3) is 0 Å². The van der Waals surface area contributed by atoms with Crippen LogP contribution in [0.2, 0.25) is 0 Å². The minimum Gasteiger partial charge on any atom is -0.329 e. The van der Waals surface area contributed by atoms with Crippen molar-refractivity contribution in [2.75, 3.05) is 12.3 Å². The normalized spacial score (nSPS) is 12.6. The summed E-state index contributed by atoms with van der Waals surface area (Å²) < 4.78 is 2.07. The topological polar surface area (TPSA) is 29.9 Å². The molecule has 0 radical (unpaired) electrons. The monoisotopic (exact) mass is 289 g/mol. The summed E-state index contributed by atoms with van der Waals surface area (Å²) in [5.74, 6) is 0.996. The summed E-state index contributed by atoms with van der Waals surface area (Å²) in [7, 11) is 2.04. The minimum absolute atomic E-state index is 0.373. The van der Waals surface area contributed by atoms with E-state index >= 15 is 0 Å². The van der Waals surface area contributed by atoms with Crippen LogP contribution in [-0.4, -0.2) is 21.8 Å². The van der Waals surface area contributed by atoms with E-state index in [4.69, 9.17) is 0 Å². The molecular weight excluding hydrogens is 266 g/mol. The van der Waals surface area contributed by atoms with Gasteiger partial charge in [0, 0.05) is 31.2 Å². The van der Waals surface area contributed by atoms with Gasteiger partial charge in [-0.05, 0) is 31.0 Å². The molecule has 0 aliphatic rings. The first-order chi connectivity index (χ1) is 9.72.